The van der Waals surface area contributed by atoms with E-state index in [9.17, 15) is 13.8 Å². The lowest BCUT2D eigenvalue weighted by atomic mass is 10.1. The van der Waals surface area contributed by atoms with E-state index in [1.54, 1.807) is 0 Å². The average Bonchev–Trinajstić information content (AvgIpc) is 3.02. The minimum absolute atomic E-state index is 0.00332. The van der Waals surface area contributed by atoms with Crippen LogP contribution in [0.15, 0.2) is 40.8 Å². The quantitative estimate of drug-likeness (QED) is 0.713. The SMILES string of the molecule is CCCCc1ccc(NC(=O)CS(=O)Cc2ccc(C(=O)O)o2)cc1. The molecule has 0 spiro atoms. The number of nitrogens with one attached hydrogen (secondary N) is 1. The highest BCUT2D eigenvalue weighted by atomic mass is 32.2. The van der Waals surface area contributed by atoms with Gasteiger partial charge in [0.25, 0.3) is 0 Å². The molecule has 0 radical (unpaired) electrons. The number of carboxylic acid groups (broad SMARTS) is 1. The highest BCUT2D eigenvalue weighted by Gasteiger charge is 2.14. The maximum absolute atomic E-state index is 12.0. The molecule has 0 saturated carbocycles. The van der Waals surface area contributed by atoms with E-state index in [4.69, 9.17) is 9.52 Å². The van der Waals surface area contributed by atoms with Crippen LogP contribution in [-0.2, 0) is 27.8 Å². The highest BCUT2D eigenvalue weighted by molar-refractivity contribution is 7.84. The number of aromatic carboxylic acids is 1. The second-order valence-electron chi connectivity index (χ2n) is 5.65. The van der Waals surface area contributed by atoms with E-state index in [0.717, 1.165) is 19.3 Å². The predicted molar refractivity (Wildman–Crippen MR) is 96.1 cm³/mol. The topological polar surface area (TPSA) is 96.6 Å². The molecule has 2 rings (SSSR count). The van der Waals surface area contributed by atoms with E-state index >= 15 is 0 Å². The van der Waals surface area contributed by atoms with Crippen molar-refractivity contribution in [3.05, 3.63) is 53.5 Å². The summed E-state index contributed by atoms with van der Waals surface area (Å²) in [6.45, 7) is 2.14. The number of hydrogen-bond acceptors (Lipinski definition) is 4. The van der Waals surface area contributed by atoms with E-state index in [0.29, 0.717) is 5.69 Å². The molecule has 1 unspecified atom stereocenters. The van der Waals surface area contributed by atoms with E-state index in [1.807, 2.05) is 24.3 Å². The Morgan fingerprint density at radius 2 is 1.88 bits per heavy atom. The normalized spacial score (nSPS) is 11.9. The van der Waals surface area contributed by atoms with Gasteiger partial charge in [0.05, 0.1) is 5.75 Å². The molecule has 134 valence electrons. The minimum atomic E-state index is -1.48. The molecule has 1 atom stereocenters. The molecule has 0 aliphatic heterocycles. The van der Waals surface area contributed by atoms with E-state index in [1.165, 1.54) is 17.7 Å². The Bertz CT molecular complexity index is 751. The van der Waals surface area contributed by atoms with Gasteiger partial charge in [-0.05, 0) is 42.7 Å². The summed E-state index contributed by atoms with van der Waals surface area (Å²) in [6, 6.07) is 10.4. The summed E-state index contributed by atoms with van der Waals surface area (Å²) >= 11 is 0. The number of amides is 1. The number of rotatable bonds is 9. The maximum Gasteiger partial charge on any atom is 0.371 e. The first-order valence-corrected chi connectivity index (χ1v) is 9.52. The minimum Gasteiger partial charge on any atom is -0.475 e. The predicted octanol–water partition coefficient (Wildman–Crippen LogP) is 3.21. The molecule has 1 aromatic heterocycles. The van der Waals surface area contributed by atoms with Gasteiger partial charge in [-0.25, -0.2) is 4.79 Å². The van der Waals surface area contributed by atoms with Gasteiger partial charge in [-0.1, -0.05) is 25.5 Å². The van der Waals surface area contributed by atoms with Crippen molar-refractivity contribution in [3.8, 4) is 0 Å². The lowest BCUT2D eigenvalue weighted by Gasteiger charge is -2.06. The van der Waals surface area contributed by atoms with Crippen molar-refractivity contribution in [2.75, 3.05) is 11.1 Å². The Labute approximate surface area is 148 Å². The Hall–Kier alpha value is -2.41. The lowest BCUT2D eigenvalue weighted by molar-refractivity contribution is -0.113. The molecule has 6 nitrogen and oxygen atoms in total. The van der Waals surface area contributed by atoms with Crippen molar-refractivity contribution in [3.63, 3.8) is 0 Å². The van der Waals surface area contributed by atoms with Crippen LogP contribution < -0.4 is 5.32 Å². The Morgan fingerprint density at radius 3 is 2.48 bits per heavy atom. The second kappa shape index (κ2) is 9.17. The van der Waals surface area contributed by atoms with Crippen molar-refractivity contribution in [1.82, 2.24) is 0 Å². The second-order valence-corrected chi connectivity index (χ2v) is 7.11. The molecule has 0 aliphatic carbocycles. The number of carbonyl (C=O) groups excluding carboxylic acids is 1. The van der Waals surface area contributed by atoms with E-state index in [2.05, 4.69) is 12.2 Å². The van der Waals surface area contributed by atoms with Crippen LogP contribution in [0.2, 0.25) is 0 Å². The number of anilines is 1. The fourth-order valence-corrected chi connectivity index (χ4v) is 3.20. The number of aryl methyl sites for hydroxylation is 1. The third-order valence-electron chi connectivity index (χ3n) is 3.52. The van der Waals surface area contributed by atoms with Gasteiger partial charge < -0.3 is 14.8 Å². The first kappa shape index (κ1) is 18.9. The van der Waals surface area contributed by atoms with Crippen LogP contribution in [0.25, 0.3) is 0 Å². The molecule has 2 aromatic rings. The lowest BCUT2D eigenvalue weighted by Crippen LogP contribution is -2.20. The Morgan fingerprint density at radius 1 is 1.16 bits per heavy atom. The van der Waals surface area contributed by atoms with Gasteiger partial charge in [0.15, 0.2) is 0 Å². The van der Waals surface area contributed by atoms with Crippen molar-refractivity contribution in [2.24, 2.45) is 0 Å². The van der Waals surface area contributed by atoms with Gasteiger partial charge in [0, 0.05) is 16.5 Å². The molecule has 1 heterocycles. The Balaban J connectivity index is 1.82. The summed E-state index contributed by atoms with van der Waals surface area (Å²) in [4.78, 5) is 22.7. The molecule has 0 aliphatic rings. The number of benzene rings is 1. The van der Waals surface area contributed by atoms with Gasteiger partial charge in [-0.15, -0.1) is 0 Å². The molecule has 0 fully saturated rings. The fraction of sp³-hybridized carbons (Fsp3) is 0.333. The monoisotopic (exact) mass is 363 g/mol. The van der Waals surface area contributed by atoms with Gasteiger partial charge in [-0.3, -0.25) is 9.00 Å². The van der Waals surface area contributed by atoms with Gasteiger partial charge in [0.1, 0.15) is 11.5 Å². The number of carbonyl (C=O) groups is 2. The summed E-state index contributed by atoms with van der Waals surface area (Å²) in [6.07, 6.45) is 3.27. The maximum atomic E-state index is 12.0. The van der Waals surface area contributed by atoms with Crippen molar-refractivity contribution >= 4 is 28.4 Å². The van der Waals surface area contributed by atoms with Crippen LogP contribution in [0.3, 0.4) is 0 Å². The van der Waals surface area contributed by atoms with Crippen LogP contribution in [0.4, 0.5) is 5.69 Å². The molecule has 0 saturated heterocycles. The molecule has 25 heavy (non-hydrogen) atoms. The molecular formula is C18H21NO5S. The zero-order valence-corrected chi connectivity index (χ0v) is 14.8. The van der Waals surface area contributed by atoms with Crippen molar-refractivity contribution in [2.45, 2.75) is 31.9 Å². The Kier molecular flexibility index (Phi) is 6.94. The zero-order chi connectivity index (χ0) is 18.2. The summed E-state index contributed by atoms with van der Waals surface area (Å²) in [5.41, 5.74) is 1.88. The molecular weight excluding hydrogens is 342 g/mol. The first-order chi connectivity index (χ1) is 12.0. The average molecular weight is 363 g/mol. The third kappa shape index (κ3) is 6.19. The number of carboxylic acids is 1. The highest BCUT2D eigenvalue weighted by Crippen LogP contribution is 2.13. The van der Waals surface area contributed by atoms with Crippen LogP contribution >= 0.6 is 0 Å². The summed E-state index contributed by atoms with van der Waals surface area (Å²) in [7, 11) is -1.48. The molecule has 7 heteroatoms. The first-order valence-electron chi connectivity index (χ1n) is 8.03. The third-order valence-corrected chi connectivity index (χ3v) is 4.72. The molecule has 1 amide bonds. The van der Waals surface area contributed by atoms with Crippen LogP contribution in [0.1, 0.15) is 41.6 Å². The molecule has 1 aromatic carbocycles. The van der Waals surface area contributed by atoms with Crippen LogP contribution in [0.5, 0.6) is 0 Å². The van der Waals surface area contributed by atoms with Gasteiger partial charge >= 0.3 is 5.97 Å². The smallest absolute Gasteiger partial charge is 0.371 e. The number of unbranched alkanes of at least 4 members (excludes halogenated alkanes) is 1. The largest absolute Gasteiger partial charge is 0.475 e. The number of furan rings is 1. The van der Waals surface area contributed by atoms with E-state index in [-0.39, 0.29) is 28.9 Å². The van der Waals surface area contributed by atoms with E-state index < -0.39 is 16.8 Å². The van der Waals surface area contributed by atoms with Gasteiger partial charge in [0.2, 0.25) is 11.7 Å². The molecule has 0 bridgehead atoms. The summed E-state index contributed by atoms with van der Waals surface area (Å²) < 4.78 is 17.0. The van der Waals surface area contributed by atoms with Crippen molar-refractivity contribution < 1.29 is 23.3 Å². The van der Waals surface area contributed by atoms with Crippen LogP contribution in [0, 0.1) is 0 Å². The standard InChI is InChI=1S/C18H21NO5S/c1-2-3-4-13-5-7-14(8-6-13)19-17(20)12-25(23)11-15-9-10-16(24-15)18(21)22/h5-10H,2-4,11-12H2,1H3,(H,19,20)(H,21,22). The number of hydrogen-bond donors (Lipinski definition) is 2. The molecule has 2 N–H and O–H groups in total. The zero-order valence-electron chi connectivity index (χ0n) is 14.0. The summed E-state index contributed by atoms with van der Waals surface area (Å²) in [5.74, 6) is -1.65. The van der Waals surface area contributed by atoms with Crippen molar-refractivity contribution in [1.29, 1.82) is 0 Å². The summed E-state index contributed by atoms with van der Waals surface area (Å²) in [5, 5.41) is 11.5. The van der Waals surface area contributed by atoms with Gasteiger partial charge in [-0.2, -0.15) is 0 Å². The fourth-order valence-electron chi connectivity index (χ4n) is 2.26. The van der Waals surface area contributed by atoms with Crippen LogP contribution in [-0.4, -0.2) is 26.9 Å².